The highest BCUT2D eigenvalue weighted by Crippen LogP contribution is 2.24. The van der Waals surface area contributed by atoms with Crippen molar-refractivity contribution in [3.05, 3.63) is 71.6 Å². The van der Waals surface area contributed by atoms with Crippen molar-refractivity contribution in [2.75, 3.05) is 5.73 Å². The predicted octanol–water partition coefficient (Wildman–Crippen LogP) is 3.60. The van der Waals surface area contributed by atoms with Crippen LogP contribution in [0.3, 0.4) is 0 Å². The van der Waals surface area contributed by atoms with Crippen LogP contribution in [0.4, 0.5) is 14.7 Å². The average Bonchev–Trinajstić information content (AvgIpc) is 2.83. The van der Waals surface area contributed by atoms with Gasteiger partial charge in [-0.2, -0.15) is 5.10 Å². The molecule has 0 bridgehead atoms. The summed E-state index contributed by atoms with van der Waals surface area (Å²) in [6.45, 7) is 1.82. The molecule has 0 saturated carbocycles. The zero-order valence-corrected chi connectivity index (χ0v) is 12.4. The molecule has 2 aromatic carbocycles. The number of rotatable bonds is 3. The number of imidazole rings is 1. The van der Waals surface area contributed by atoms with Crippen molar-refractivity contribution in [1.29, 1.82) is 0 Å². The fourth-order valence-electron chi connectivity index (χ4n) is 2.24. The van der Waals surface area contributed by atoms with E-state index in [9.17, 15) is 8.78 Å². The predicted molar refractivity (Wildman–Crippen MR) is 86.2 cm³/mol. The standard InChI is InChI=1S/C17H14F2N4/c1-11-10-23(17(20)22-11)21-9-12-3-2-4-13(7-12)15-6-5-14(18)8-16(15)19/h2-10H,1H3,(H2,20,22). The van der Waals surface area contributed by atoms with Crippen molar-refractivity contribution < 1.29 is 8.78 Å². The molecule has 0 unspecified atom stereocenters. The molecule has 0 saturated heterocycles. The molecule has 3 aromatic rings. The Bertz CT molecular complexity index is 884. The Morgan fingerprint density at radius 2 is 2.00 bits per heavy atom. The Morgan fingerprint density at radius 1 is 1.17 bits per heavy atom. The quantitative estimate of drug-likeness (QED) is 0.751. The Kier molecular flexibility index (Phi) is 3.89. The largest absolute Gasteiger partial charge is 0.368 e. The fraction of sp³-hybridized carbons (Fsp3) is 0.0588. The van der Waals surface area contributed by atoms with Crippen molar-refractivity contribution in [3.8, 4) is 11.1 Å². The third-order valence-corrected chi connectivity index (χ3v) is 3.29. The minimum Gasteiger partial charge on any atom is -0.368 e. The van der Waals surface area contributed by atoms with Gasteiger partial charge in [-0.05, 0) is 36.2 Å². The molecular weight excluding hydrogens is 298 g/mol. The summed E-state index contributed by atoms with van der Waals surface area (Å²) < 4.78 is 28.3. The van der Waals surface area contributed by atoms with Crippen LogP contribution >= 0.6 is 0 Å². The highest BCUT2D eigenvalue weighted by Gasteiger charge is 2.06. The smallest absolute Gasteiger partial charge is 0.221 e. The maximum Gasteiger partial charge on any atom is 0.221 e. The lowest BCUT2D eigenvalue weighted by Crippen LogP contribution is -1.97. The molecule has 1 aromatic heterocycles. The molecule has 116 valence electrons. The topological polar surface area (TPSA) is 56.2 Å². The lowest BCUT2D eigenvalue weighted by molar-refractivity contribution is 0.585. The molecule has 0 atom stereocenters. The molecule has 1 heterocycles. The van der Waals surface area contributed by atoms with Crippen molar-refractivity contribution in [2.24, 2.45) is 5.10 Å². The summed E-state index contributed by atoms with van der Waals surface area (Å²) >= 11 is 0. The maximum absolute atomic E-state index is 13.9. The molecule has 23 heavy (non-hydrogen) atoms. The third-order valence-electron chi connectivity index (χ3n) is 3.29. The molecule has 3 rings (SSSR count). The van der Waals surface area contributed by atoms with Crippen LogP contribution < -0.4 is 5.73 Å². The van der Waals surface area contributed by atoms with Gasteiger partial charge in [-0.15, -0.1) is 0 Å². The van der Waals surface area contributed by atoms with Crippen molar-refractivity contribution >= 4 is 12.2 Å². The number of nitrogen functional groups attached to an aromatic ring is 1. The lowest BCUT2D eigenvalue weighted by Gasteiger charge is -2.04. The first kappa shape index (κ1) is 14.9. The van der Waals surface area contributed by atoms with E-state index in [0.717, 1.165) is 17.3 Å². The van der Waals surface area contributed by atoms with E-state index >= 15 is 0 Å². The summed E-state index contributed by atoms with van der Waals surface area (Å²) in [7, 11) is 0. The van der Waals surface area contributed by atoms with Gasteiger partial charge in [0.25, 0.3) is 0 Å². The Morgan fingerprint density at radius 3 is 2.70 bits per heavy atom. The fourth-order valence-corrected chi connectivity index (χ4v) is 2.24. The number of aryl methyl sites for hydroxylation is 1. The first-order chi connectivity index (χ1) is 11.0. The summed E-state index contributed by atoms with van der Waals surface area (Å²) in [5.74, 6) is -0.914. The van der Waals surface area contributed by atoms with Gasteiger partial charge >= 0.3 is 0 Å². The molecule has 6 heteroatoms. The van der Waals surface area contributed by atoms with Gasteiger partial charge < -0.3 is 5.73 Å². The van der Waals surface area contributed by atoms with E-state index in [1.165, 1.54) is 16.8 Å². The van der Waals surface area contributed by atoms with Crippen LogP contribution in [-0.4, -0.2) is 15.9 Å². The minimum absolute atomic E-state index is 0.291. The van der Waals surface area contributed by atoms with Crippen LogP contribution in [0, 0.1) is 18.6 Å². The zero-order valence-electron chi connectivity index (χ0n) is 12.4. The molecule has 0 spiro atoms. The number of anilines is 1. The molecule has 0 aliphatic heterocycles. The maximum atomic E-state index is 13.9. The SMILES string of the molecule is Cc1cn(N=Cc2cccc(-c3ccc(F)cc3F)c2)c(N)n1. The van der Waals surface area contributed by atoms with Gasteiger partial charge in [0, 0.05) is 11.6 Å². The number of hydrogen-bond donors (Lipinski definition) is 1. The first-order valence-corrected chi connectivity index (χ1v) is 6.94. The van der Waals surface area contributed by atoms with E-state index in [1.807, 2.05) is 13.0 Å². The average molecular weight is 312 g/mol. The second kappa shape index (κ2) is 6.00. The first-order valence-electron chi connectivity index (χ1n) is 6.94. The van der Waals surface area contributed by atoms with E-state index in [1.54, 1.807) is 30.6 Å². The van der Waals surface area contributed by atoms with E-state index < -0.39 is 11.6 Å². The van der Waals surface area contributed by atoms with Crippen molar-refractivity contribution in [1.82, 2.24) is 9.66 Å². The van der Waals surface area contributed by atoms with Crippen LogP contribution in [0.1, 0.15) is 11.3 Å². The monoisotopic (exact) mass is 312 g/mol. The number of benzene rings is 2. The molecule has 2 N–H and O–H groups in total. The van der Waals surface area contributed by atoms with Crippen molar-refractivity contribution in [3.63, 3.8) is 0 Å². The third kappa shape index (κ3) is 3.26. The summed E-state index contributed by atoms with van der Waals surface area (Å²) in [5, 5.41) is 4.22. The zero-order chi connectivity index (χ0) is 16.4. The number of hydrogen-bond acceptors (Lipinski definition) is 3. The van der Waals surface area contributed by atoms with Crippen molar-refractivity contribution in [2.45, 2.75) is 6.92 Å². The summed E-state index contributed by atoms with van der Waals surface area (Å²) in [5.41, 5.74) is 8.21. The molecule has 0 amide bonds. The molecule has 0 radical (unpaired) electrons. The highest BCUT2D eigenvalue weighted by atomic mass is 19.1. The van der Waals surface area contributed by atoms with Gasteiger partial charge in [-0.1, -0.05) is 18.2 Å². The van der Waals surface area contributed by atoms with Gasteiger partial charge in [0.15, 0.2) is 0 Å². The molecule has 0 aliphatic rings. The Hall–Kier alpha value is -3.02. The van der Waals surface area contributed by atoms with E-state index in [2.05, 4.69) is 10.1 Å². The summed E-state index contributed by atoms with van der Waals surface area (Å²) in [6.07, 6.45) is 3.30. The number of nitrogens with zero attached hydrogens (tertiary/aromatic N) is 3. The van der Waals surface area contributed by atoms with Gasteiger partial charge in [0.1, 0.15) is 11.6 Å². The van der Waals surface area contributed by atoms with Crippen LogP contribution in [0.25, 0.3) is 11.1 Å². The van der Waals surface area contributed by atoms with Gasteiger partial charge in [-0.3, -0.25) is 0 Å². The highest BCUT2D eigenvalue weighted by molar-refractivity contribution is 5.82. The van der Waals surface area contributed by atoms with Gasteiger partial charge in [-0.25, -0.2) is 18.4 Å². The molecule has 0 aliphatic carbocycles. The van der Waals surface area contributed by atoms with E-state index in [-0.39, 0.29) is 0 Å². The molecule has 4 nitrogen and oxygen atoms in total. The van der Waals surface area contributed by atoms with Crippen LogP contribution in [0.5, 0.6) is 0 Å². The second-order valence-electron chi connectivity index (χ2n) is 5.08. The van der Waals surface area contributed by atoms with Crippen LogP contribution in [0.15, 0.2) is 53.8 Å². The summed E-state index contributed by atoms with van der Waals surface area (Å²) in [6, 6.07) is 10.6. The molecular formula is C17H14F2N4. The number of halogens is 2. The van der Waals surface area contributed by atoms with E-state index in [0.29, 0.717) is 17.1 Å². The van der Waals surface area contributed by atoms with Crippen LogP contribution in [-0.2, 0) is 0 Å². The Labute approximate surface area is 131 Å². The minimum atomic E-state index is -0.603. The number of aromatic nitrogens is 2. The van der Waals surface area contributed by atoms with Gasteiger partial charge in [0.2, 0.25) is 5.95 Å². The summed E-state index contributed by atoms with van der Waals surface area (Å²) in [4.78, 5) is 4.05. The second-order valence-corrected chi connectivity index (χ2v) is 5.08. The van der Waals surface area contributed by atoms with E-state index in [4.69, 9.17) is 5.73 Å². The lowest BCUT2D eigenvalue weighted by atomic mass is 10.0. The van der Waals surface area contributed by atoms with Gasteiger partial charge in [0.05, 0.1) is 18.1 Å². The normalized spacial score (nSPS) is 11.3. The molecule has 0 fully saturated rings. The van der Waals surface area contributed by atoms with Crippen LogP contribution in [0.2, 0.25) is 0 Å². The number of nitrogens with two attached hydrogens (primary N) is 1. The Balaban J connectivity index is 1.92.